The van der Waals surface area contributed by atoms with Crippen LogP contribution >= 0.6 is 0 Å². The van der Waals surface area contributed by atoms with E-state index in [4.69, 9.17) is 4.74 Å². The van der Waals surface area contributed by atoms with Crippen LogP contribution in [-0.4, -0.2) is 33.0 Å². The molecule has 0 aliphatic carbocycles. The number of sulfone groups is 1. The van der Waals surface area contributed by atoms with Crippen molar-refractivity contribution in [3.8, 4) is 11.5 Å². The summed E-state index contributed by atoms with van der Waals surface area (Å²) in [5, 5.41) is 5.11. The van der Waals surface area contributed by atoms with E-state index >= 15 is 0 Å². The van der Waals surface area contributed by atoms with Gasteiger partial charge in [0.05, 0.1) is 5.75 Å². The van der Waals surface area contributed by atoms with Crippen molar-refractivity contribution < 1.29 is 17.9 Å². The molecule has 0 radical (unpaired) electrons. The summed E-state index contributed by atoms with van der Waals surface area (Å²) in [4.78, 5) is 11.7. The van der Waals surface area contributed by atoms with Crippen LogP contribution in [0.15, 0.2) is 48.5 Å². The van der Waals surface area contributed by atoms with Gasteiger partial charge in [0, 0.05) is 18.5 Å². The Morgan fingerprint density at radius 3 is 2.08 bits per heavy atom. The topological polar surface area (TPSA) is 84.5 Å². The highest BCUT2D eigenvalue weighted by Gasteiger charge is 2.05. The van der Waals surface area contributed by atoms with Crippen LogP contribution < -0.4 is 15.4 Å². The predicted octanol–water partition coefficient (Wildman–Crippen LogP) is 2.95. The van der Waals surface area contributed by atoms with E-state index in [1.807, 2.05) is 31.2 Å². The highest BCUT2D eigenvalue weighted by Crippen LogP contribution is 2.23. The van der Waals surface area contributed by atoms with E-state index in [0.717, 1.165) is 17.6 Å². The van der Waals surface area contributed by atoms with Crippen LogP contribution in [0.5, 0.6) is 11.5 Å². The molecule has 0 atom stereocenters. The first-order chi connectivity index (χ1) is 11.3. The molecule has 2 amide bonds. The van der Waals surface area contributed by atoms with Crippen molar-refractivity contribution >= 4 is 21.6 Å². The summed E-state index contributed by atoms with van der Waals surface area (Å²) < 4.78 is 27.7. The number of nitrogens with one attached hydrogen (secondary N) is 2. The first-order valence-electron chi connectivity index (χ1n) is 7.39. The Hall–Kier alpha value is -2.54. The Morgan fingerprint density at radius 2 is 1.54 bits per heavy atom. The van der Waals surface area contributed by atoms with E-state index in [1.54, 1.807) is 24.3 Å². The normalized spacial score (nSPS) is 10.9. The maximum atomic E-state index is 11.7. The Labute approximate surface area is 141 Å². The van der Waals surface area contributed by atoms with Crippen molar-refractivity contribution in [3.63, 3.8) is 0 Å². The van der Waals surface area contributed by atoms with Gasteiger partial charge in [-0.1, -0.05) is 17.7 Å². The maximum Gasteiger partial charge on any atom is 0.319 e. The lowest BCUT2D eigenvalue weighted by Crippen LogP contribution is -2.32. The van der Waals surface area contributed by atoms with E-state index < -0.39 is 15.9 Å². The highest BCUT2D eigenvalue weighted by atomic mass is 32.2. The molecule has 0 fully saturated rings. The molecule has 7 heteroatoms. The van der Waals surface area contributed by atoms with Gasteiger partial charge in [0.15, 0.2) is 0 Å². The minimum absolute atomic E-state index is 0.0687. The first-order valence-corrected chi connectivity index (χ1v) is 9.45. The quantitative estimate of drug-likeness (QED) is 0.840. The van der Waals surface area contributed by atoms with Gasteiger partial charge < -0.3 is 15.4 Å². The van der Waals surface area contributed by atoms with E-state index in [2.05, 4.69) is 10.6 Å². The van der Waals surface area contributed by atoms with Crippen molar-refractivity contribution in [3.05, 3.63) is 54.1 Å². The summed E-state index contributed by atoms with van der Waals surface area (Å²) in [5.41, 5.74) is 1.74. The fraction of sp³-hybridized carbons (Fsp3) is 0.235. The van der Waals surface area contributed by atoms with Crippen LogP contribution in [0.2, 0.25) is 0 Å². The van der Waals surface area contributed by atoms with Crippen molar-refractivity contribution in [2.24, 2.45) is 0 Å². The summed E-state index contributed by atoms with van der Waals surface area (Å²) in [6.07, 6.45) is 1.12. The second kappa shape index (κ2) is 7.83. The molecule has 0 aliphatic heterocycles. The number of amides is 2. The minimum atomic E-state index is -3.09. The summed E-state index contributed by atoms with van der Waals surface area (Å²) in [7, 11) is -3.09. The van der Waals surface area contributed by atoms with Gasteiger partial charge in [0.2, 0.25) is 0 Å². The van der Waals surface area contributed by atoms with Crippen LogP contribution in [0.25, 0.3) is 0 Å². The summed E-state index contributed by atoms with van der Waals surface area (Å²) in [6.45, 7) is 2.07. The molecular formula is C17H20N2O4S. The van der Waals surface area contributed by atoms with Gasteiger partial charge in [0.1, 0.15) is 21.3 Å². The van der Waals surface area contributed by atoms with Crippen molar-refractivity contribution in [1.29, 1.82) is 0 Å². The summed E-state index contributed by atoms with van der Waals surface area (Å²) >= 11 is 0. The Bertz CT molecular complexity index is 784. The highest BCUT2D eigenvalue weighted by molar-refractivity contribution is 7.90. The standard InChI is InChI=1S/C17H20N2O4S/c1-13-3-7-15(8-4-13)23-16-9-5-14(6-10-16)19-17(20)18-11-12-24(2,21)22/h3-10H,11-12H2,1-2H3,(H2,18,19,20). The third-order valence-corrected chi connectivity index (χ3v) is 4.07. The largest absolute Gasteiger partial charge is 0.457 e. The number of hydrogen-bond donors (Lipinski definition) is 2. The molecule has 2 aromatic rings. The van der Waals surface area contributed by atoms with Crippen molar-refractivity contribution in [1.82, 2.24) is 5.32 Å². The molecule has 0 spiro atoms. The van der Waals surface area contributed by atoms with Crippen LogP contribution in [0.3, 0.4) is 0 Å². The van der Waals surface area contributed by atoms with Gasteiger partial charge in [-0.25, -0.2) is 13.2 Å². The molecule has 2 aromatic carbocycles. The van der Waals surface area contributed by atoms with Gasteiger partial charge in [-0.2, -0.15) is 0 Å². The number of rotatable bonds is 6. The van der Waals surface area contributed by atoms with E-state index in [9.17, 15) is 13.2 Å². The molecule has 6 nitrogen and oxygen atoms in total. The van der Waals surface area contributed by atoms with E-state index in [0.29, 0.717) is 11.4 Å². The lowest BCUT2D eigenvalue weighted by Gasteiger charge is -2.09. The zero-order valence-corrected chi connectivity index (χ0v) is 14.4. The van der Waals surface area contributed by atoms with E-state index in [-0.39, 0.29) is 12.3 Å². The van der Waals surface area contributed by atoms with Crippen LogP contribution in [0.1, 0.15) is 5.56 Å². The molecule has 0 saturated heterocycles. The van der Waals surface area contributed by atoms with Gasteiger partial charge in [-0.15, -0.1) is 0 Å². The SMILES string of the molecule is Cc1ccc(Oc2ccc(NC(=O)NCCS(C)(=O)=O)cc2)cc1. The van der Waals surface area contributed by atoms with E-state index in [1.165, 1.54) is 0 Å². The third-order valence-electron chi connectivity index (χ3n) is 3.13. The van der Waals surface area contributed by atoms with Crippen molar-refractivity contribution in [2.75, 3.05) is 23.9 Å². The molecular weight excluding hydrogens is 328 g/mol. The number of hydrogen-bond acceptors (Lipinski definition) is 4. The number of ether oxygens (including phenoxy) is 1. The fourth-order valence-corrected chi connectivity index (χ4v) is 2.35. The van der Waals surface area contributed by atoms with Crippen LogP contribution in [0.4, 0.5) is 10.5 Å². The smallest absolute Gasteiger partial charge is 0.319 e. The molecule has 0 heterocycles. The summed E-state index contributed by atoms with van der Waals surface area (Å²) in [5.74, 6) is 1.30. The second-order valence-corrected chi connectivity index (χ2v) is 7.71. The predicted molar refractivity (Wildman–Crippen MR) is 94.4 cm³/mol. The van der Waals surface area contributed by atoms with Gasteiger partial charge in [-0.05, 0) is 43.3 Å². The molecule has 128 valence electrons. The molecule has 0 aliphatic rings. The number of anilines is 1. The molecule has 0 saturated carbocycles. The number of benzene rings is 2. The lowest BCUT2D eigenvalue weighted by atomic mass is 10.2. The number of carbonyl (C=O) groups is 1. The molecule has 2 N–H and O–H groups in total. The number of carbonyl (C=O) groups excluding carboxylic acids is 1. The zero-order chi connectivity index (χ0) is 17.6. The lowest BCUT2D eigenvalue weighted by molar-refractivity contribution is 0.252. The fourth-order valence-electron chi connectivity index (χ4n) is 1.87. The average molecular weight is 348 g/mol. The summed E-state index contributed by atoms with van der Waals surface area (Å²) in [6, 6.07) is 14.1. The van der Waals surface area contributed by atoms with Gasteiger partial charge >= 0.3 is 6.03 Å². The van der Waals surface area contributed by atoms with Crippen molar-refractivity contribution in [2.45, 2.75) is 6.92 Å². The molecule has 0 unspecified atom stereocenters. The van der Waals surface area contributed by atoms with Gasteiger partial charge in [-0.3, -0.25) is 0 Å². The second-order valence-electron chi connectivity index (χ2n) is 5.45. The third kappa shape index (κ3) is 6.29. The average Bonchev–Trinajstić information content (AvgIpc) is 2.50. The van der Waals surface area contributed by atoms with Crippen LogP contribution in [-0.2, 0) is 9.84 Å². The monoisotopic (exact) mass is 348 g/mol. The maximum absolute atomic E-state index is 11.7. The number of aryl methyl sites for hydroxylation is 1. The molecule has 2 rings (SSSR count). The first kappa shape index (κ1) is 17.8. The molecule has 0 bridgehead atoms. The van der Waals surface area contributed by atoms with Crippen LogP contribution in [0, 0.1) is 6.92 Å². The molecule has 24 heavy (non-hydrogen) atoms. The Balaban J connectivity index is 1.85. The van der Waals surface area contributed by atoms with Gasteiger partial charge in [0.25, 0.3) is 0 Å². The Kier molecular flexibility index (Phi) is 5.81. The molecule has 0 aromatic heterocycles. The minimum Gasteiger partial charge on any atom is -0.457 e. The Morgan fingerprint density at radius 1 is 1.00 bits per heavy atom. The number of urea groups is 1. The zero-order valence-electron chi connectivity index (χ0n) is 13.6.